The zero-order valence-electron chi connectivity index (χ0n) is 9.76. The van der Waals surface area contributed by atoms with Gasteiger partial charge in [-0.05, 0) is 13.3 Å². The van der Waals surface area contributed by atoms with Crippen molar-refractivity contribution < 1.29 is 0 Å². The second kappa shape index (κ2) is 3.84. The average Bonchev–Trinajstić information content (AvgIpc) is 2.73. The monoisotopic (exact) mass is 226 g/mol. The summed E-state index contributed by atoms with van der Waals surface area (Å²) in [6.07, 6.45) is 1.91. The van der Waals surface area contributed by atoms with Crippen LogP contribution >= 0.6 is 0 Å². The molecule has 0 saturated carbocycles. The van der Waals surface area contributed by atoms with Gasteiger partial charge in [-0.1, -0.05) is 30.3 Å². The van der Waals surface area contributed by atoms with E-state index in [1.807, 2.05) is 34.9 Å². The highest BCUT2D eigenvalue weighted by Crippen LogP contribution is 2.23. The van der Waals surface area contributed by atoms with Crippen LogP contribution in [-0.4, -0.2) is 9.55 Å². The van der Waals surface area contributed by atoms with Crippen molar-refractivity contribution in [3.63, 3.8) is 0 Å². The predicted octanol–water partition coefficient (Wildman–Crippen LogP) is 2.42. The molecule has 3 heteroatoms. The Bertz CT molecular complexity index is 601. The number of rotatable bonds is 1. The van der Waals surface area contributed by atoms with Gasteiger partial charge in [-0.2, -0.15) is 0 Å². The summed E-state index contributed by atoms with van der Waals surface area (Å²) < 4.78 is 1.81. The summed E-state index contributed by atoms with van der Waals surface area (Å²) in [5, 5.41) is 0. The van der Waals surface area contributed by atoms with Gasteiger partial charge in [0, 0.05) is 24.1 Å². The molecule has 0 bridgehead atoms. The third kappa shape index (κ3) is 1.68. The van der Waals surface area contributed by atoms with E-state index in [0.717, 1.165) is 29.9 Å². The van der Waals surface area contributed by atoms with E-state index in [-0.39, 0.29) is 11.6 Å². The Kier molecular flexibility index (Phi) is 2.32. The molecular weight excluding hydrogens is 212 g/mol. The van der Waals surface area contributed by atoms with Gasteiger partial charge in [-0.15, -0.1) is 0 Å². The molecule has 0 spiro atoms. The van der Waals surface area contributed by atoms with Crippen molar-refractivity contribution in [1.82, 2.24) is 9.55 Å². The minimum Gasteiger partial charge on any atom is -0.294 e. The molecule has 0 aliphatic carbocycles. The molecule has 1 atom stereocenters. The standard InChI is InChI=1S/C14H14N2O/c1-10-7-8-13-15-12(9-14(17)16(10)13)11-5-3-2-4-6-11/h2-6,9-10H,7-8H2,1H3/t10-/m1/s1. The fraction of sp³-hybridized carbons (Fsp3) is 0.286. The van der Waals surface area contributed by atoms with E-state index in [1.54, 1.807) is 6.07 Å². The van der Waals surface area contributed by atoms with Gasteiger partial charge in [-0.3, -0.25) is 9.36 Å². The van der Waals surface area contributed by atoms with Gasteiger partial charge in [0.05, 0.1) is 5.69 Å². The molecule has 3 nitrogen and oxygen atoms in total. The van der Waals surface area contributed by atoms with Crippen LogP contribution < -0.4 is 5.56 Å². The summed E-state index contributed by atoms with van der Waals surface area (Å²) in [6, 6.07) is 11.8. The van der Waals surface area contributed by atoms with Crippen molar-refractivity contribution in [3.8, 4) is 11.3 Å². The second-order valence-electron chi connectivity index (χ2n) is 4.52. The minimum absolute atomic E-state index is 0.0684. The molecule has 0 N–H and O–H groups in total. The van der Waals surface area contributed by atoms with Gasteiger partial charge in [0.1, 0.15) is 5.82 Å². The van der Waals surface area contributed by atoms with E-state index in [2.05, 4.69) is 11.9 Å². The number of fused-ring (bicyclic) bond motifs is 1. The lowest BCUT2D eigenvalue weighted by molar-refractivity contribution is 0.560. The van der Waals surface area contributed by atoms with Gasteiger partial charge >= 0.3 is 0 Å². The van der Waals surface area contributed by atoms with Crippen molar-refractivity contribution in [2.75, 3.05) is 0 Å². The number of benzene rings is 1. The molecule has 1 aromatic heterocycles. The fourth-order valence-electron chi connectivity index (χ4n) is 2.41. The van der Waals surface area contributed by atoms with Crippen molar-refractivity contribution in [2.45, 2.75) is 25.8 Å². The number of aryl methyl sites for hydroxylation is 1. The molecule has 1 aromatic carbocycles. The Morgan fingerprint density at radius 1 is 1.29 bits per heavy atom. The van der Waals surface area contributed by atoms with E-state index >= 15 is 0 Å². The SMILES string of the molecule is C[C@@H]1CCc2nc(-c3ccccc3)cc(=O)n21. The fourth-order valence-corrected chi connectivity index (χ4v) is 2.41. The Morgan fingerprint density at radius 3 is 2.82 bits per heavy atom. The predicted molar refractivity (Wildman–Crippen MR) is 67.0 cm³/mol. The zero-order chi connectivity index (χ0) is 11.8. The summed E-state index contributed by atoms with van der Waals surface area (Å²) in [5.41, 5.74) is 1.86. The van der Waals surface area contributed by atoms with Crippen LogP contribution in [0.4, 0.5) is 0 Å². The topological polar surface area (TPSA) is 34.9 Å². The quantitative estimate of drug-likeness (QED) is 0.748. The van der Waals surface area contributed by atoms with Crippen LogP contribution in [0.5, 0.6) is 0 Å². The number of hydrogen-bond acceptors (Lipinski definition) is 2. The number of hydrogen-bond donors (Lipinski definition) is 0. The Balaban J connectivity index is 2.17. The molecule has 2 heterocycles. The maximum absolute atomic E-state index is 12.0. The maximum atomic E-state index is 12.0. The van der Waals surface area contributed by atoms with Crippen molar-refractivity contribution >= 4 is 0 Å². The van der Waals surface area contributed by atoms with Crippen LogP contribution in [0, 0.1) is 0 Å². The van der Waals surface area contributed by atoms with E-state index < -0.39 is 0 Å². The summed E-state index contributed by atoms with van der Waals surface area (Å²) in [4.78, 5) is 16.6. The van der Waals surface area contributed by atoms with E-state index in [0.29, 0.717) is 0 Å². The largest absolute Gasteiger partial charge is 0.294 e. The third-order valence-corrected chi connectivity index (χ3v) is 3.32. The van der Waals surface area contributed by atoms with Crippen LogP contribution in [0.25, 0.3) is 11.3 Å². The molecule has 86 valence electrons. The molecule has 1 aliphatic heterocycles. The van der Waals surface area contributed by atoms with Crippen molar-refractivity contribution in [1.29, 1.82) is 0 Å². The minimum atomic E-state index is 0.0684. The number of nitrogens with zero attached hydrogens (tertiary/aromatic N) is 2. The number of aromatic nitrogens is 2. The van der Waals surface area contributed by atoms with Gasteiger partial charge in [0.2, 0.25) is 0 Å². The summed E-state index contributed by atoms with van der Waals surface area (Å²) in [6.45, 7) is 2.07. The van der Waals surface area contributed by atoms with Crippen LogP contribution in [0.1, 0.15) is 25.2 Å². The highest BCUT2D eigenvalue weighted by atomic mass is 16.1. The van der Waals surface area contributed by atoms with Crippen LogP contribution in [0.2, 0.25) is 0 Å². The molecule has 0 radical (unpaired) electrons. The Hall–Kier alpha value is -1.90. The van der Waals surface area contributed by atoms with Gasteiger partial charge < -0.3 is 0 Å². The highest BCUT2D eigenvalue weighted by molar-refractivity contribution is 5.58. The van der Waals surface area contributed by atoms with E-state index in [9.17, 15) is 4.79 Å². The Morgan fingerprint density at radius 2 is 2.06 bits per heavy atom. The van der Waals surface area contributed by atoms with Crippen LogP contribution in [0.3, 0.4) is 0 Å². The molecule has 1 aliphatic rings. The van der Waals surface area contributed by atoms with Crippen molar-refractivity contribution in [3.05, 3.63) is 52.6 Å². The molecular formula is C14H14N2O. The average molecular weight is 226 g/mol. The van der Waals surface area contributed by atoms with Gasteiger partial charge in [0.25, 0.3) is 5.56 Å². The molecule has 3 rings (SSSR count). The zero-order valence-corrected chi connectivity index (χ0v) is 9.76. The van der Waals surface area contributed by atoms with Gasteiger partial charge in [-0.25, -0.2) is 4.98 Å². The second-order valence-corrected chi connectivity index (χ2v) is 4.52. The first-order valence-electron chi connectivity index (χ1n) is 5.93. The first-order chi connectivity index (χ1) is 8.25. The molecule has 2 aromatic rings. The lowest BCUT2D eigenvalue weighted by Gasteiger charge is -2.09. The smallest absolute Gasteiger partial charge is 0.254 e. The van der Waals surface area contributed by atoms with Crippen molar-refractivity contribution in [2.24, 2.45) is 0 Å². The Labute approximate surface area is 99.8 Å². The normalized spacial score (nSPS) is 18.1. The molecule has 0 fully saturated rings. The summed E-state index contributed by atoms with van der Waals surface area (Å²) >= 11 is 0. The summed E-state index contributed by atoms with van der Waals surface area (Å²) in [5.74, 6) is 0.920. The lowest BCUT2D eigenvalue weighted by Crippen LogP contribution is -2.22. The van der Waals surface area contributed by atoms with Crippen LogP contribution in [-0.2, 0) is 6.42 Å². The first kappa shape index (κ1) is 10.3. The van der Waals surface area contributed by atoms with Gasteiger partial charge in [0.15, 0.2) is 0 Å². The first-order valence-corrected chi connectivity index (χ1v) is 5.93. The molecule has 0 unspecified atom stereocenters. The molecule has 17 heavy (non-hydrogen) atoms. The maximum Gasteiger partial charge on any atom is 0.254 e. The van der Waals surface area contributed by atoms with E-state index in [1.165, 1.54) is 0 Å². The van der Waals surface area contributed by atoms with E-state index in [4.69, 9.17) is 0 Å². The molecule has 0 saturated heterocycles. The molecule has 0 amide bonds. The lowest BCUT2D eigenvalue weighted by atomic mass is 10.1. The highest BCUT2D eigenvalue weighted by Gasteiger charge is 2.21. The van der Waals surface area contributed by atoms with Crippen LogP contribution in [0.15, 0.2) is 41.2 Å². The third-order valence-electron chi connectivity index (χ3n) is 3.32. The summed E-state index contributed by atoms with van der Waals surface area (Å²) in [7, 11) is 0.